The molecule has 2 aliphatic heterocycles. The largest absolute Gasteiger partial charge is 0.480 e. The fourth-order valence-corrected chi connectivity index (χ4v) is 10.3. The molecule has 1 aliphatic carbocycles. The van der Waals surface area contributed by atoms with Crippen LogP contribution < -0.4 is 37.2 Å². The summed E-state index contributed by atoms with van der Waals surface area (Å²) in [7, 11) is 0. The minimum atomic E-state index is -1.45. The Morgan fingerprint density at radius 1 is 0.400 bits per heavy atom. The number of carboxylic acid groups (broad SMARTS) is 1. The Bertz CT molecular complexity index is 2310. The molecule has 3 fully saturated rings. The predicted molar refractivity (Wildman–Crippen MR) is 340 cm³/mol. The molecule has 0 aromatic carbocycles. The maximum absolute atomic E-state index is 13.6. The Labute approximate surface area is 579 Å². The summed E-state index contributed by atoms with van der Waals surface area (Å²) in [5, 5.41) is 118. The van der Waals surface area contributed by atoms with Crippen LogP contribution in [0, 0.1) is 5.92 Å². The number of hydrogen-bond acceptors (Lipinski definition) is 31. The number of hydrogen-bond donors (Lipinski definition) is 17. The van der Waals surface area contributed by atoms with E-state index in [0.29, 0.717) is 19.3 Å². The molecule has 2 heterocycles. The summed E-state index contributed by atoms with van der Waals surface area (Å²) in [4.78, 5) is 98.9. The fourth-order valence-electron chi connectivity index (χ4n) is 10.3. The molecular weight excluding hydrogens is 1340 g/mol. The zero-order chi connectivity index (χ0) is 73.6. The number of unbranched alkanes of at least 4 members (excludes halogenated alkanes) is 2. The highest BCUT2D eigenvalue weighted by Gasteiger charge is 2.47. The molecule has 0 radical (unpaired) electrons. The molecule has 3 rings (SSSR count). The molecule has 0 aromatic rings. The van der Waals surface area contributed by atoms with E-state index in [9.17, 15) is 89.4 Å². The molecule has 17 atom stereocenters. The van der Waals surface area contributed by atoms with Gasteiger partial charge in [-0.25, -0.2) is 4.79 Å². The number of amides is 7. The van der Waals surface area contributed by atoms with Crippen molar-refractivity contribution in [1.29, 1.82) is 0 Å². The van der Waals surface area contributed by atoms with Gasteiger partial charge in [-0.1, -0.05) is 0 Å². The Hall–Kier alpha value is -5.16. The minimum absolute atomic E-state index is 0.0145. The maximum Gasteiger partial charge on any atom is 0.326 e. The lowest BCUT2D eigenvalue weighted by molar-refractivity contribution is -0.272. The van der Waals surface area contributed by atoms with Crippen LogP contribution in [0.4, 0.5) is 0 Å². The number of ether oxygens (including phenoxy) is 14. The molecule has 17 N–H and O–H groups in total. The molecule has 1 saturated carbocycles. The molecule has 0 bridgehead atoms. The Kier molecular flexibility index (Phi) is 47.0. The van der Waals surface area contributed by atoms with Gasteiger partial charge in [0, 0.05) is 46.4 Å². The summed E-state index contributed by atoms with van der Waals surface area (Å²) in [5.74, 6) is -5.72. The third-order valence-electron chi connectivity index (χ3n) is 15.5. The number of aliphatic carboxylic acids is 1. The average molecular weight is 1450 g/mol. The van der Waals surface area contributed by atoms with E-state index in [0.717, 1.165) is 0 Å². The fraction of sp³-hybridized carbons (Fsp3) is 0.869. The lowest BCUT2D eigenvalue weighted by Gasteiger charge is -2.42. The molecule has 39 nitrogen and oxygen atoms in total. The van der Waals surface area contributed by atoms with Crippen LogP contribution in [0.5, 0.6) is 0 Å². The zero-order valence-electron chi connectivity index (χ0n) is 57.1. The monoisotopic (exact) mass is 1450 g/mol. The van der Waals surface area contributed by atoms with Crippen molar-refractivity contribution >= 4 is 47.3 Å². The number of carboxylic acids is 1. The highest BCUT2D eigenvalue weighted by Crippen LogP contribution is 2.28. The number of nitrogens with one attached hydrogen (secondary N) is 7. The first-order valence-corrected chi connectivity index (χ1v) is 33.5. The minimum Gasteiger partial charge on any atom is -0.480 e. The van der Waals surface area contributed by atoms with Crippen molar-refractivity contribution < 1.29 is 156 Å². The van der Waals surface area contributed by atoms with Gasteiger partial charge in [-0.3, -0.25) is 33.6 Å². The summed E-state index contributed by atoms with van der Waals surface area (Å²) < 4.78 is 77.0. The number of aliphatic hydroxyl groups excluding tert-OH is 9. The summed E-state index contributed by atoms with van der Waals surface area (Å²) in [5.41, 5.74) is 0. The Morgan fingerprint density at radius 2 is 0.750 bits per heavy atom. The molecule has 580 valence electrons. The molecular formula is C61H109N7O32. The SMILES string of the molecule is CC(=O)N[C@@H]1[C@H](OCCOCCOCCOCC(=O)NCCCC[C@H](NC(=O)COCCOCCOCCO[C@@H]2C[C@H](CO)[C@H](O)[C@H](O)[C@H]2NC(C)=O)C(=O)N[C@@H](CCCCNC(=O)COCCOCCOCCO[C@@H]2O[C@H](CO)[C@H](O)[C@H](O)[C@H]2NC(C)=O)C(=O)O)O[C@H](CO)[C@H](O)[C@@H]1O. The zero-order valence-corrected chi connectivity index (χ0v) is 57.1. The summed E-state index contributed by atoms with van der Waals surface area (Å²) in [6, 6.07) is -5.63. The highest BCUT2D eigenvalue weighted by molar-refractivity contribution is 5.90. The van der Waals surface area contributed by atoms with Crippen molar-refractivity contribution in [2.75, 3.05) is 172 Å². The maximum atomic E-state index is 13.6. The Balaban J connectivity index is 1.34. The quantitative estimate of drug-likeness (QED) is 0.0252. The van der Waals surface area contributed by atoms with Crippen molar-refractivity contribution in [3.63, 3.8) is 0 Å². The lowest BCUT2D eigenvalue weighted by atomic mass is 9.79. The topological polar surface area (TPSA) is 552 Å². The van der Waals surface area contributed by atoms with Gasteiger partial charge >= 0.3 is 5.97 Å². The van der Waals surface area contributed by atoms with Crippen molar-refractivity contribution in [3.05, 3.63) is 0 Å². The van der Waals surface area contributed by atoms with Gasteiger partial charge in [0.15, 0.2) is 12.6 Å². The van der Waals surface area contributed by atoms with Gasteiger partial charge in [0.1, 0.15) is 86.7 Å². The lowest BCUT2D eigenvalue weighted by Crippen LogP contribution is -2.64. The Morgan fingerprint density at radius 3 is 1.13 bits per heavy atom. The van der Waals surface area contributed by atoms with E-state index >= 15 is 0 Å². The highest BCUT2D eigenvalue weighted by atomic mass is 16.7. The molecule has 7 amide bonds. The molecule has 0 aromatic heterocycles. The van der Waals surface area contributed by atoms with Gasteiger partial charge in [0.25, 0.3) is 0 Å². The molecule has 39 heteroatoms. The summed E-state index contributed by atoms with van der Waals surface area (Å²) in [6.45, 7) is 3.20. The van der Waals surface area contributed by atoms with E-state index in [-0.39, 0.29) is 178 Å². The molecule has 2 saturated heterocycles. The van der Waals surface area contributed by atoms with Gasteiger partial charge < -0.3 is 155 Å². The van der Waals surface area contributed by atoms with E-state index < -0.39 is 171 Å². The van der Waals surface area contributed by atoms with Gasteiger partial charge in [0.2, 0.25) is 41.4 Å². The van der Waals surface area contributed by atoms with Gasteiger partial charge in [0.05, 0.1) is 150 Å². The van der Waals surface area contributed by atoms with Crippen molar-refractivity contribution in [3.8, 4) is 0 Å². The standard InChI is InChI=1S/C61H109N7O32/c1-37(72)64-49-43(30-40(31-69)52(78)55(49)81)96-27-24-90-15-12-89-20-23-95-36-48(77)67-41(8-4-6-10-62-46(75)34-93-21-18-87-13-16-91-25-28-97-60-50(65-38(2)73)56(82)53(79)44(32-70)99-60)58(84)68-42(59(85)86)9-5-7-11-63-47(76)35-94-22-19-88-14-17-92-26-29-98-61-51(66-39(3)74)57(83)54(80)45(33-71)100-61/h40-45,49-57,60-61,69-71,78-83H,4-36H2,1-3H3,(H,62,75)(H,63,76)(H,64,72)(H,65,73)(H,66,74)(H,67,77)(H,68,84)(H,85,86)/t40-,41+,42+,43-,44-,45-,49+,50+,51-,52+,53+,54+,55-,56-,57-,60-,61-/m1/s1. The molecule has 3 aliphatic rings. The first-order chi connectivity index (χ1) is 48.0. The average Bonchev–Trinajstić information content (AvgIpc) is 0.825. The van der Waals surface area contributed by atoms with Crippen LogP contribution >= 0.6 is 0 Å². The van der Waals surface area contributed by atoms with Crippen LogP contribution in [0.1, 0.15) is 65.7 Å². The van der Waals surface area contributed by atoms with Gasteiger partial charge in [-0.15, -0.1) is 0 Å². The van der Waals surface area contributed by atoms with E-state index in [4.69, 9.17) is 66.3 Å². The first-order valence-electron chi connectivity index (χ1n) is 33.5. The summed E-state index contributed by atoms with van der Waals surface area (Å²) in [6.07, 6.45) is -12.2. The summed E-state index contributed by atoms with van der Waals surface area (Å²) >= 11 is 0. The second-order valence-electron chi connectivity index (χ2n) is 23.4. The van der Waals surface area contributed by atoms with Gasteiger partial charge in [-0.2, -0.15) is 0 Å². The van der Waals surface area contributed by atoms with Crippen LogP contribution in [0.2, 0.25) is 0 Å². The van der Waals surface area contributed by atoms with E-state index in [1.807, 2.05) is 0 Å². The number of rotatable bonds is 56. The second-order valence-corrected chi connectivity index (χ2v) is 23.4. The van der Waals surface area contributed by atoms with E-state index in [2.05, 4.69) is 37.2 Å². The predicted octanol–water partition coefficient (Wildman–Crippen LogP) is -8.69. The molecule has 100 heavy (non-hydrogen) atoms. The van der Waals surface area contributed by atoms with Crippen molar-refractivity contribution in [2.45, 2.75) is 163 Å². The number of carbonyl (C=O) groups excluding carboxylic acids is 7. The van der Waals surface area contributed by atoms with Crippen LogP contribution in [-0.4, -0.2) is 368 Å². The molecule has 0 spiro atoms. The third-order valence-corrected chi connectivity index (χ3v) is 15.5. The third kappa shape index (κ3) is 36.3. The van der Waals surface area contributed by atoms with Crippen LogP contribution in [-0.2, 0) is 105 Å². The van der Waals surface area contributed by atoms with Crippen LogP contribution in [0.25, 0.3) is 0 Å². The number of aliphatic hydroxyl groups is 9. The normalized spacial score (nSPS) is 25.8. The smallest absolute Gasteiger partial charge is 0.326 e. The number of carbonyl (C=O) groups is 8. The van der Waals surface area contributed by atoms with Crippen LogP contribution in [0.15, 0.2) is 0 Å². The second kappa shape index (κ2) is 52.7. The van der Waals surface area contributed by atoms with Gasteiger partial charge in [-0.05, 0) is 44.9 Å². The van der Waals surface area contributed by atoms with Crippen LogP contribution in [0.3, 0.4) is 0 Å². The van der Waals surface area contributed by atoms with Crippen molar-refractivity contribution in [2.24, 2.45) is 5.92 Å². The van der Waals surface area contributed by atoms with E-state index in [1.54, 1.807) is 0 Å². The first kappa shape index (κ1) is 89.1. The molecule has 0 unspecified atom stereocenters. The van der Waals surface area contributed by atoms with E-state index in [1.165, 1.54) is 20.8 Å². The van der Waals surface area contributed by atoms with Crippen molar-refractivity contribution in [1.82, 2.24) is 37.2 Å².